The van der Waals surface area contributed by atoms with E-state index in [0.717, 1.165) is 11.3 Å². The number of benzene rings is 2. The lowest BCUT2D eigenvalue weighted by Crippen LogP contribution is -1.99. The number of aromatic hydroxyl groups is 1. The SMILES string of the molecule is COc1cc(CNc2cccc(C)c2)ccc1O. The van der Waals surface area contributed by atoms with Crippen molar-refractivity contribution in [1.29, 1.82) is 0 Å². The monoisotopic (exact) mass is 243 g/mol. The van der Waals surface area contributed by atoms with E-state index >= 15 is 0 Å². The van der Waals surface area contributed by atoms with Crippen molar-refractivity contribution in [1.82, 2.24) is 0 Å². The number of nitrogens with one attached hydrogen (secondary N) is 1. The average Bonchev–Trinajstić information content (AvgIpc) is 2.38. The van der Waals surface area contributed by atoms with Gasteiger partial charge in [0.15, 0.2) is 11.5 Å². The van der Waals surface area contributed by atoms with Crippen molar-refractivity contribution in [2.24, 2.45) is 0 Å². The van der Waals surface area contributed by atoms with E-state index in [0.29, 0.717) is 12.3 Å². The van der Waals surface area contributed by atoms with Crippen molar-refractivity contribution in [3.8, 4) is 11.5 Å². The van der Waals surface area contributed by atoms with Crippen molar-refractivity contribution in [2.75, 3.05) is 12.4 Å². The topological polar surface area (TPSA) is 41.5 Å². The second kappa shape index (κ2) is 5.45. The first-order valence-electron chi connectivity index (χ1n) is 5.85. The fourth-order valence-electron chi connectivity index (χ4n) is 1.79. The molecule has 0 radical (unpaired) electrons. The summed E-state index contributed by atoms with van der Waals surface area (Å²) in [6, 6.07) is 13.6. The zero-order valence-electron chi connectivity index (χ0n) is 10.6. The maximum atomic E-state index is 9.51. The van der Waals surface area contributed by atoms with Crippen LogP contribution < -0.4 is 10.1 Å². The summed E-state index contributed by atoms with van der Waals surface area (Å²) in [7, 11) is 1.55. The summed E-state index contributed by atoms with van der Waals surface area (Å²) in [5, 5.41) is 12.8. The van der Waals surface area contributed by atoms with Gasteiger partial charge in [0.1, 0.15) is 0 Å². The molecule has 0 aliphatic carbocycles. The standard InChI is InChI=1S/C15H17NO2/c1-11-4-3-5-13(8-11)16-10-12-6-7-14(17)15(9-12)18-2/h3-9,16-17H,10H2,1-2H3. The molecule has 2 rings (SSSR count). The van der Waals surface area contributed by atoms with E-state index in [2.05, 4.69) is 24.4 Å². The van der Waals surface area contributed by atoms with Crippen LogP contribution in [0.4, 0.5) is 5.69 Å². The summed E-state index contributed by atoms with van der Waals surface area (Å²) in [6.45, 7) is 2.76. The van der Waals surface area contributed by atoms with Gasteiger partial charge in [-0.25, -0.2) is 0 Å². The molecule has 0 aliphatic heterocycles. The Balaban J connectivity index is 2.06. The van der Waals surface area contributed by atoms with Crippen LogP contribution in [0.5, 0.6) is 11.5 Å². The highest BCUT2D eigenvalue weighted by atomic mass is 16.5. The fourth-order valence-corrected chi connectivity index (χ4v) is 1.79. The van der Waals surface area contributed by atoms with E-state index in [1.54, 1.807) is 13.2 Å². The van der Waals surface area contributed by atoms with Gasteiger partial charge in [0.25, 0.3) is 0 Å². The first kappa shape index (κ1) is 12.3. The lowest BCUT2D eigenvalue weighted by molar-refractivity contribution is 0.373. The lowest BCUT2D eigenvalue weighted by atomic mass is 10.2. The van der Waals surface area contributed by atoms with E-state index in [4.69, 9.17) is 4.74 Å². The van der Waals surface area contributed by atoms with Gasteiger partial charge < -0.3 is 15.2 Å². The summed E-state index contributed by atoms with van der Waals surface area (Å²) in [4.78, 5) is 0. The van der Waals surface area contributed by atoms with Crippen molar-refractivity contribution >= 4 is 5.69 Å². The number of hydrogen-bond acceptors (Lipinski definition) is 3. The molecule has 0 amide bonds. The molecule has 0 unspecified atom stereocenters. The van der Waals surface area contributed by atoms with Crippen LogP contribution in [0, 0.1) is 6.92 Å². The third kappa shape index (κ3) is 2.94. The number of phenolic OH excluding ortho intramolecular Hbond substituents is 1. The van der Waals surface area contributed by atoms with Crippen LogP contribution in [0.2, 0.25) is 0 Å². The van der Waals surface area contributed by atoms with Crippen molar-refractivity contribution < 1.29 is 9.84 Å². The van der Waals surface area contributed by atoms with E-state index < -0.39 is 0 Å². The highest BCUT2D eigenvalue weighted by Gasteiger charge is 2.02. The molecule has 3 nitrogen and oxygen atoms in total. The Morgan fingerprint density at radius 2 is 2.00 bits per heavy atom. The summed E-state index contributed by atoms with van der Waals surface area (Å²) < 4.78 is 5.08. The van der Waals surface area contributed by atoms with E-state index in [1.165, 1.54) is 5.56 Å². The third-order valence-corrected chi connectivity index (χ3v) is 2.76. The van der Waals surface area contributed by atoms with Gasteiger partial charge in [-0.05, 0) is 42.3 Å². The molecule has 0 fully saturated rings. The van der Waals surface area contributed by atoms with Gasteiger partial charge in [0.05, 0.1) is 7.11 Å². The van der Waals surface area contributed by atoms with Crippen LogP contribution in [0.25, 0.3) is 0 Å². The maximum Gasteiger partial charge on any atom is 0.160 e. The molecule has 0 bridgehead atoms. The van der Waals surface area contributed by atoms with Gasteiger partial charge in [-0.1, -0.05) is 18.2 Å². The molecule has 2 N–H and O–H groups in total. The predicted molar refractivity (Wildman–Crippen MR) is 73.2 cm³/mol. The Bertz CT molecular complexity index is 538. The third-order valence-electron chi connectivity index (χ3n) is 2.76. The summed E-state index contributed by atoms with van der Waals surface area (Å²) in [6.07, 6.45) is 0. The number of methoxy groups -OCH3 is 1. The van der Waals surface area contributed by atoms with E-state index in [1.807, 2.05) is 24.3 Å². The minimum Gasteiger partial charge on any atom is -0.504 e. The molecule has 0 atom stereocenters. The van der Waals surface area contributed by atoms with Gasteiger partial charge in [-0.2, -0.15) is 0 Å². The number of hydrogen-bond donors (Lipinski definition) is 2. The van der Waals surface area contributed by atoms with Crippen LogP contribution in [0.15, 0.2) is 42.5 Å². The van der Waals surface area contributed by atoms with Crippen LogP contribution in [0.3, 0.4) is 0 Å². The summed E-state index contributed by atoms with van der Waals surface area (Å²) in [5.41, 5.74) is 3.37. The Labute approximate surface area is 107 Å². The summed E-state index contributed by atoms with van der Waals surface area (Å²) >= 11 is 0. The molecular formula is C15H17NO2. The number of ether oxygens (including phenoxy) is 1. The van der Waals surface area contributed by atoms with Gasteiger partial charge in [0, 0.05) is 12.2 Å². The quantitative estimate of drug-likeness (QED) is 0.865. The fraction of sp³-hybridized carbons (Fsp3) is 0.200. The molecule has 3 heteroatoms. The first-order valence-corrected chi connectivity index (χ1v) is 5.85. The molecule has 0 spiro atoms. The Kier molecular flexibility index (Phi) is 3.72. The molecule has 0 aromatic heterocycles. The van der Waals surface area contributed by atoms with Crippen LogP contribution in [0.1, 0.15) is 11.1 Å². The molecule has 0 saturated heterocycles. The van der Waals surface area contributed by atoms with Gasteiger partial charge >= 0.3 is 0 Å². The predicted octanol–water partition coefficient (Wildman–Crippen LogP) is 3.32. The lowest BCUT2D eigenvalue weighted by Gasteiger charge is -2.09. The maximum absolute atomic E-state index is 9.51. The summed E-state index contributed by atoms with van der Waals surface area (Å²) in [5.74, 6) is 0.662. The molecule has 94 valence electrons. The Hall–Kier alpha value is -2.16. The number of phenols is 1. The molecule has 0 heterocycles. The van der Waals surface area contributed by atoms with Gasteiger partial charge in [-0.3, -0.25) is 0 Å². The molecule has 0 saturated carbocycles. The number of rotatable bonds is 4. The van der Waals surface area contributed by atoms with Gasteiger partial charge in [0.2, 0.25) is 0 Å². The van der Waals surface area contributed by atoms with Crippen LogP contribution >= 0.6 is 0 Å². The molecule has 2 aromatic rings. The number of anilines is 1. The first-order chi connectivity index (χ1) is 8.69. The Morgan fingerprint density at radius 1 is 1.17 bits per heavy atom. The van der Waals surface area contributed by atoms with Crippen molar-refractivity contribution in [2.45, 2.75) is 13.5 Å². The molecule has 18 heavy (non-hydrogen) atoms. The van der Waals surface area contributed by atoms with E-state index in [9.17, 15) is 5.11 Å². The molecular weight excluding hydrogens is 226 g/mol. The van der Waals surface area contributed by atoms with Crippen molar-refractivity contribution in [3.05, 3.63) is 53.6 Å². The van der Waals surface area contributed by atoms with E-state index in [-0.39, 0.29) is 5.75 Å². The van der Waals surface area contributed by atoms with Gasteiger partial charge in [-0.15, -0.1) is 0 Å². The molecule has 2 aromatic carbocycles. The highest BCUT2D eigenvalue weighted by Crippen LogP contribution is 2.26. The minimum atomic E-state index is 0.164. The smallest absolute Gasteiger partial charge is 0.160 e. The zero-order chi connectivity index (χ0) is 13.0. The second-order valence-electron chi connectivity index (χ2n) is 4.23. The minimum absolute atomic E-state index is 0.164. The van der Waals surface area contributed by atoms with Crippen LogP contribution in [-0.4, -0.2) is 12.2 Å². The normalized spacial score (nSPS) is 10.1. The highest BCUT2D eigenvalue weighted by molar-refractivity contribution is 5.47. The van der Waals surface area contributed by atoms with Crippen LogP contribution in [-0.2, 0) is 6.54 Å². The Morgan fingerprint density at radius 3 is 2.72 bits per heavy atom. The molecule has 0 aliphatic rings. The zero-order valence-corrected chi connectivity index (χ0v) is 10.6. The van der Waals surface area contributed by atoms with Crippen molar-refractivity contribution in [3.63, 3.8) is 0 Å². The number of aryl methyl sites for hydroxylation is 1. The largest absolute Gasteiger partial charge is 0.504 e. The average molecular weight is 243 g/mol. The second-order valence-corrected chi connectivity index (χ2v) is 4.23.